The molecule has 0 aromatic carbocycles. The van der Waals surface area contributed by atoms with E-state index >= 15 is 0 Å². The number of nitrogens with one attached hydrogen (secondary N) is 1. The van der Waals surface area contributed by atoms with Crippen LogP contribution < -0.4 is 5.32 Å². The van der Waals surface area contributed by atoms with Gasteiger partial charge in [0.15, 0.2) is 16.7 Å². The first kappa shape index (κ1) is 18.5. The monoisotopic (exact) mass is 373 g/mol. The number of thioether (sulfide) groups is 1. The maximum Gasteiger partial charge on any atom is 0.231 e. The molecular weight excluding hydrogens is 350 g/mol. The summed E-state index contributed by atoms with van der Waals surface area (Å²) < 4.78 is 7.43. The van der Waals surface area contributed by atoms with Gasteiger partial charge in [0.1, 0.15) is 5.54 Å². The summed E-state index contributed by atoms with van der Waals surface area (Å²) in [5.41, 5.74) is -0.692. The molecule has 0 unspecified atom stereocenters. The third kappa shape index (κ3) is 4.10. The third-order valence-electron chi connectivity index (χ3n) is 4.39. The number of amides is 1. The van der Waals surface area contributed by atoms with Crippen LogP contribution in [-0.4, -0.2) is 32.0 Å². The Labute approximate surface area is 157 Å². The van der Waals surface area contributed by atoms with Gasteiger partial charge in [-0.05, 0) is 43.7 Å². The number of hydrogen-bond donors (Lipinski definition) is 1. The molecule has 0 radical (unpaired) electrons. The molecule has 0 aliphatic heterocycles. The van der Waals surface area contributed by atoms with E-state index in [4.69, 9.17) is 4.42 Å². The molecule has 1 amide bonds. The summed E-state index contributed by atoms with van der Waals surface area (Å²) in [6.45, 7) is 4.96. The van der Waals surface area contributed by atoms with Crippen molar-refractivity contribution in [2.75, 3.05) is 5.75 Å². The van der Waals surface area contributed by atoms with Crippen LogP contribution in [0.15, 0.2) is 28.0 Å². The third-order valence-corrected chi connectivity index (χ3v) is 5.36. The van der Waals surface area contributed by atoms with Crippen LogP contribution in [0.4, 0.5) is 0 Å². The van der Waals surface area contributed by atoms with Crippen LogP contribution in [-0.2, 0) is 11.3 Å². The van der Waals surface area contributed by atoms with Crippen molar-refractivity contribution in [3.8, 4) is 17.7 Å². The van der Waals surface area contributed by atoms with E-state index in [0.29, 0.717) is 22.7 Å². The number of aromatic nitrogens is 3. The van der Waals surface area contributed by atoms with Crippen LogP contribution in [0, 0.1) is 17.2 Å². The van der Waals surface area contributed by atoms with Crippen molar-refractivity contribution in [3.63, 3.8) is 0 Å². The number of carbonyl (C=O) groups excluding carboxylic acids is 1. The minimum absolute atomic E-state index is 0.142. The average Bonchev–Trinajstić information content (AvgIpc) is 3.34. The number of nitriles is 1. The Morgan fingerprint density at radius 3 is 2.85 bits per heavy atom. The fourth-order valence-corrected chi connectivity index (χ4v) is 3.94. The molecule has 1 aliphatic rings. The number of nitrogens with zero attached hydrogens (tertiary/aromatic N) is 4. The van der Waals surface area contributed by atoms with Gasteiger partial charge in [-0.25, -0.2) is 0 Å². The van der Waals surface area contributed by atoms with Crippen LogP contribution in [0.1, 0.15) is 39.5 Å². The van der Waals surface area contributed by atoms with Gasteiger partial charge in [-0.1, -0.05) is 25.6 Å². The van der Waals surface area contributed by atoms with Gasteiger partial charge in [0.2, 0.25) is 5.91 Å². The van der Waals surface area contributed by atoms with Crippen molar-refractivity contribution in [3.05, 3.63) is 18.4 Å². The number of carbonyl (C=O) groups is 1. The van der Waals surface area contributed by atoms with Crippen molar-refractivity contribution in [1.29, 1.82) is 5.26 Å². The highest BCUT2D eigenvalue weighted by Gasteiger charge is 2.35. The lowest BCUT2D eigenvalue weighted by Gasteiger charge is -2.21. The highest BCUT2D eigenvalue weighted by atomic mass is 32.2. The predicted molar refractivity (Wildman–Crippen MR) is 98.2 cm³/mol. The van der Waals surface area contributed by atoms with Gasteiger partial charge < -0.3 is 9.73 Å². The molecule has 26 heavy (non-hydrogen) atoms. The van der Waals surface area contributed by atoms with E-state index in [1.54, 1.807) is 6.26 Å². The molecule has 2 aromatic rings. The zero-order valence-electron chi connectivity index (χ0n) is 15.1. The van der Waals surface area contributed by atoms with Crippen molar-refractivity contribution in [2.45, 2.75) is 56.8 Å². The molecule has 3 rings (SSSR count). The first-order valence-electron chi connectivity index (χ1n) is 8.85. The Hall–Kier alpha value is -2.27. The zero-order valence-corrected chi connectivity index (χ0v) is 15.9. The van der Waals surface area contributed by atoms with Gasteiger partial charge in [-0.15, -0.1) is 10.2 Å². The Kier molecular flexibility index (Phi) is 5.67. The summed E-state index contributed by atoms with van der Waals surface area (Å²) in [4.78, 5) is 12.3. The molecule has 1 saturated carbocycles. The molecule has 0 bridgehead atoms. The van der Waals surface area contributed by atoms with E-state index in [-0.39, 0.29) is 11.7 Å². The lowest BCUT2D eigenvalue weighted by molar-refractivity contribution is -0.119. The topological polar surface area (TPSA) is 96.7 Å². The minimum atomic E-state index is -0.692. The molecule has 2 heterocycles. The van der Waals surface area contributed by atoms with Crippen molar-refractivity contribution in [2.24, 2.45) is 5.92 Å². The highest BCUT2D eigenvalue weighted by Crippen LogP contribution is 2.29. The van der Waals surface area contributed by atoms with Crippen LogP contribution in [0.2, 0.25) is 0 Å². The highest BCUT2D eigenvalue weighted by molar-refractivity contribution is 7.99. The molecule has 1 aliphatic carbocycles. The smallest absolute Gasteiger partial charge is 0.231 e. The zero-order chi connectivity index (χ0) is 18.6. The molecule has 1 fully saturated rings. The van der Waals surface area contributed by atoms with Gasteiger partial charge >= 0.3 is 0 Å². The maximum absolute atomic E-state index is 12.3. The normalized spacial score (nSPS) is 15.9. The number of furan rings is 1. The Morgan fingerprint density at radius 1 is 1.46 bits per heavy atom. The standard InChI is InChI=1S/C18H23N5O2S/c1-13(2)10-23-16(14-6-5-9-25-14)21-22-17(23)26-11-15(24)20-18(12-19)7-3-4-8-18/h5-6,9,13H,3-4,7-8,10-11H2,1-2H3,(H,20,24). The largest absolute Gasteiger partial charge is 0.461 e. The van der Waals surface area contributed by atoms with Gasteiger partial charge in [0.05, 0.1) is 18.1 Å². The van der Waals surface area contributed by atoms with Crippen molar-refractivity contribution in [1.82, 2.24) is 20.1 Å². The molecule has 0 atom stereocenters. The molecular formula is C18H23N5O2S. The van der Waals surface area contributed by atoms with Crippen molar-refractivity contribution >= 4 is 17.7 Å². The fraction of sp³-hybridized carbons (Fsp3) is 0.556. The quantitative estimate of drug-likeness (QED) is 0.748. The van der Waals surface area contributed by atoms with Gasteiger partial charge in [-0.2, -0.15) is 5.26 Å². The summed E-state index contributed by atoms with van der Waals surface area (Å²) in [5.74, 6) is 1.78. The van der Waals surface area contributed by atoms with Gasteiger partial charge in [-0.3, -0.25) is 9.36 Å². The molecule has 0 saturated heterocycles. The summed E-state index contributed by atoms with van der Waals surface area (Å²) in [6.07, 6.45) is 5.03. The molecule has 7 nitrogen and oxygen atoms in total. The fourth-order valence-electron chi connectivity index (χ4n) is 3.19. The van der Waals surface area contributed by atoms with Crippen LogP contribution in [0.3, 0.4) is 0 Å². The first-order chi connectivity index (χ1) is 12.5. The Balaban J connectivity index is 1.69. The van der Waals surface area contributed by atoms with Gasteiger partial charge in [0.25, 0.3) is 0 Å². The second-order valence-electron chi connectivity index (χ2n) is 7.03. The average molecular weight is 373 g/mol. The molecule has 0 spiro atoms. The second-order valence-corrected chi connectivity index (χ2v) is 7.97. The Bertz CT molecular complexity index is 785. The first-order valence-corrected chi connectivity index (χ1v) is 9.84. The molecule has 2 aromatic heterocycles. The van der Waals surface area contributed by atoms with Gasteiger partial charge in [0, 0.05) is 6.54 Å². The molecule has 1 N–H and O–H groups in total. The van der Waals surface area contributed by atoms with E-state index < -0.39 is 5.54 Å². The van der Waals surface area contributed by atoms with Crippen LogP contribution >= 0.6 is 11.8 Å². The summed E-state index contributed by atoms with van der Waals surface area (Å²) in [7, 11) is 0. The number of hydrogen-bond acceptors (Lipinski definition) is 6. The van der Waals surface area contributed by atoms with Crippen LogP contribution in [0.5, 0.6) is 0 Å². The van der Waals surface area contributed by atoms with E-state index in [1.165, 1.54) is 11.8 Å². The van der Waals surface area contributed by atoms with E-state index in [1.807, 2.05) is 16.7 Å². The van der Waals surface area contributed by atoms with E-state index in [0.717, 1.165) is 32.2 Å². The predicted octanol–water partition coefficient (Wildman–Crippen LogP) is 3.24. The van der Waals surface area contributed by atoms with Crippen molar-refractivity contribution < 1.29 is 9.21 Å². The lowest BCUT2D eigenvalue weighted by Crippen LogP contribution is -2.45. The molecule has 8 heteroatoms. The summed E-state index contributed by atoms with van der Waals surface area (Å²) >= 11 is 1.33. The lowest BCUT2D eigenvalue weighted by atomic mass is 10.0. The van der Waals surface area contributed by atoms with E-state index in [2.05, 4.69) is 35.4 Å². The Morgan fingerprint density at radius 2 is 2.23 bits per heavy atom. The SMILES string of the molecule is CC(C)Cn1c(SCC(=O)NC2(C#N)CCCC2)nnc1-c1ccco1. The second kappa shape index (κ2) is 7.96. The summed E-state index contributed by atoms with van der Waals surface area (Å²) in [6, 6.07) is 5.94. The maximum atomic E-state index is 12.3. The summed E-state index contributed by atoms with van der Waals surface area (Å²) in [5, 5.41) is 21.5. The molecule has 138 valence electrons. The number of rotatable bonds is 7. The van der Waals surface area contributed by atoms with Crippen LogP contribution in [0.25, 0.3) is 11.6 Å². The minimum Gasteiger partial charge on any atom is -0.461 e. The van der Waals surface area contributed by atoms with E-state index in [9.17, 15) is 10.1 Å².